The molecule has 2 saturated carbocycles. The zero-order valence-electron chi connectivity index (χ0n) is 7.01. The third kappa shape index (κ3) is 1.83. The van der Waals surface area contributed by atoms with Gasteiger partial charge in [-0.1, -0.05) is 0 Å². The van der Waals surface area contributed by atoms with E-state index in [2.05, 4.69) is 0 Å². The Morgan fingerprint density at radius 3 is 1.31 bits per heavy atom. The first-order valence-corrected chi connectivity index (χ1v) is 6.00. The number of hydrogen-bond acceptors (Lipinski definition) is 2. The van der Waals surface area contributed by atoms with E-state index in [0.29, 0.717) is 11.1 Å². The molecule has 13 heavy (non-hydrogen) atoms. The van der Waals surface area contributed by atoms with Crippen molar-refractivity contribution in [3.8, 4) is 0 Å². The van der Waals surface area contributed by atoms with Crippen LogP contribution in [0.2, 0.25) is 0 Å². The summed E-state index contributed by atoms with van der Waals surface area (Å²) < 4.78 is 0. The Bertz CT molecular complexity index is 152. The van der Waals surface area contributed by atoms with Crippen LogP contribution in [0.3, 0.4) is 0 Å². The molecule has 0 heterocycles. The molecule has 2 fully saturated rings. The van der Waals surface area contributed by atoms with Crippen molar-refractivity contribution in [1.29, 1.82) is 0 Å². The molecule has 2 nitrogen and oxygen atoms in total. The molecular weight excluding hydrogens is 180 g/mol. The molecule has 0 atom stereocenters. The summed E-state index contributed by atoms with van der Waals surface area (Å²) in [5.41, 5.74) is 1.28. The smallest absolute Gasteiger partial charge is 0.347 e. The fourth-order valence-corrected chi connectivity index (χ4v) is 3.03. The highest BCUT2D eigenvalue weighted by Crippen LogP contribution is 2.39. The van der Waals surface area contributed by atoms with Gasteiger partial charge in [-0.2, -0.15) is 0 Å². The fraction of sp³-hybridized carbons (Fsp3) is 0. The number of hydrogen-bond donors (Lipinski definition) is 2. The van der Waals surface area contributed by atoms with Gasteiger partial charge in [-0.05, 0) is 51.4 Å². The van der Waals surface area contributed by atoms with Gasteiger partial charge in [-0.15, -0.1) is 0 Å². The van der Waals surface area contributed by atoms with Gasteiger partial charge in [0.15, 0.2) is 0 Å². The van der Waals surface area contributed by atoms with E-state index < -0.39 is 8.56 Å². The summed E-state index contributed by atoms with van der Waals surface area (Å²) in [4.78, 5) is 19.9. The summed E-state index contributed by atoms with van der Waals surface area (Å²) in [6.45, 7) is 0. The van der Waals surface area contributed by atoms with Gasteiger partial charge < -0.3 is 9.59 Å². The second kappa shape index (κ2) is 3.71. The summed E-state index contributed by atoms with van der Waals surface area (Å²) in [5.74, 6) is 0. The second-order valence-corrected chi connectivity index (χ2v) is 5.52. The average Bonchev–Trinajstić information content (AvgIpc) is 2.78. The van der Waals surface area contributed by atoms with Crippen LogP contribution in [0.5, 0.6) is 0 Å². The minimum atomic E-state index is -3.35. The maximum atomic E-state index is 9.93. The van der Waals surface area contributed by atoms with E-state index in [1.54, 1.807) is 25.7 Å². The lowest BCUT2D eigenvalue weighted by Crippen LogP contribution is -2.48. The van der Waals surface area contributed by atoms with Gasteiger partial charge in [0.25, 0.3) is 0 Å². The predicted octanol–water partition coefficient (Wildman–Crippen LogP) is 0.302. The van der Waals surface area contributed by atoms with Crippen LogP contribution in [0.15, 0.2) is 0 Å². The molecule has 2 N–H and O–H groups in total. The van der Waals surface area contributed by atoms with E-state index in [4.69, 9.17) is 0 Å². The summed E-state index contributed by atoms with van der Waals surface area (Å²) in [5, 5.41) is 0. The molecule has 0 amide bonds. The van der Waals surface area contributed by atoms with Crippen molar-refractivity contribution in [2.24, 2.45) is 0 Å². The first kappa shape index (κ1) is 9.68. The van der Waals surface area contributed by atoms with Crippen molar-refractivity contribution >= 4 is 8.56 Å². The highest BCUT2D eigenvalue weighted by molar-refractivity contribution is 6.78. The highest BCUT2D eigenvalue weighted by atomic mass is 28.4. The van der Waals surface area contributed by atoms with Crippen molar-refractivity contribution in [2.75, 3.05) is 0 Å². The van der Waals surface area contributed by atoms with E-state index in [-0.39, 0.29) is 0 Å². The molecule has 2 aliphatic carbocycles. The first-order valence-electron chi connectivity index (χ1n) is 4.10. The lowest BCUT2D eigenvalue weighted by atomic mass is 10.3. The maximum absolute atomic E-state index is 9.93. The van der Waals surface area contributed by atoms with Crippen LogP contribution in [-0.2, 0) is 0 Å². The topological polar surface area (TPSA) is 40.5 Å². The normalized spacial score (nSPS) is 27.2. The van der Waals surface area contributed by atoms with Crippen molar-refractivity contribution in [3.63, 3.8) is 0 Å². The van der Waals surface area contributed by atoms with Crippen LogP contribution in [0.1, 0.15) is 0 Å². The summed E-state index contributed by atoms with van der Waals surface area (Å²) in [6, 6.07) is 0. The van der Waals surface area contributed by atoms with Crippen molar-refractivity contribution in [2.45, 2.75) is 0 Å². The fourth-order valence-electron chi connectivity index (χ4n) is 1.38. The van der Waals surface area contributed by atoms with Crippen LogP contribution in [0.4, 0.5) is 0 Å². The lowest BCUT2D eigenvalue weighted by Gasteiger charge is -2.28. The van der Waals surface area contributed by atoms with Crippen LogP contribution >= 0.6 is 0 Å². The molecule has 0 spiro atoms. The van der Waals surface area contributed by atoms with Gasteiger partial charge >= 0.3 is 8.56 Å². The molecule has 2 rings (SSSR count). The third-order valence-electron chi connectivity index (χ3n) is 2.13. The quantitative estimate of drug-likeness (QED) is 0.615. The molecule has 2 aliphatic rings. The van der Waals surface area contributed by atoms with Crippen LogP contribution in [-0.4, -0.2) is 18.2 Å². The van der Waals surface area contributed by atoms with Crippen molar-refractivity contribution in [3.05, 3.63) is 62.4 Å². The Labute approximate surface area is 81.2 Å². The first-order chi connectivity index (χ1) is 6.21. The summed E-state index contributed by atoms with van der Waals surface area (Å²) in [7, 11) is -3.35. The Balaban J connectivity index is 1.99. The Kier molecular flexibility index (Phi) is 2.77. The molecule has 0 unspecified atom stereocenters. The maximum Gasteiger partial charge on any atom is 0.347 e. The monoisotopic (exact) mass is 190 g/mol. The molecule has 0 aromatic heterocycles. The molecule has 0 bridgehead atoms. The van der Waals surface area contributed by atoms with E-state index in [9.17, 15) is 9.59 Å². The Morgan fingerprint density at radius 2 is 1.00 bits per heavy atom. The van der Waals surface area contributed by atoms with Crippen LogP contribution < -0.4 is 0 Å². The molecule has 10 radical (unpaired) electrons. The van der Waals surface area contributed by atoms with Gasteiger partial charge in [0.05, 0.1) is 0 Å². The SMILES string of the molecule is O[Si](O)([C]1[CH][CH][CH][CH]1)[C]1[CH][CH][CH][CH]1. The van der Waals surface area contributed by atoms with Gasteiger partial charge in [0.1, 0.15) is 0 Å². The molecule has 0 aromatic carbocycles. The molecule has 0 saturated heterocycles. The molecule has 3 heteroatoms. The third-order valence-corrected chi connectivity index (χ3v) is 4.41. The standard InChI is InChI=1S/C10H10O2Si/c11-13(12,9-5-1-2-6-9)10-7-3-4-8-10/h1-8,11-12H. The van der Waals surface area contributed by atoms with Gasteiger partial charge in [0, 0.05) is 11.1 Å². The Morgan fingerprint density at radius 1 is 0.692 bits per heavy atom. The molecular formula is C10H10O2Si. The van der Waals surface area contributed by atoms with E-state index >= 15 is 0 Å². The molecule has 0 aromatic rings. The van der Waals surface area contributed by atoms with E-state index in [0.717, 1.165) is 0 Å². The van der Waals surface area contributed by atoms with E-state index in [1.807, 2.05) is 25.7 Å². The highest BCUT2D eigenvalue weighted by Gasteiger charge is 2.49. The zero-order chi connectivity index (χ0) is 9.31. The summed E-state index contributed by atoms with van der Waals surface area (Å²) in [6.07, 6.45) is 14.2. The minimum absolute atomic E-state index is 0.638. The van der Waals surface area contributed by atoms with Gasteiger partial charge in [-0.25, -0.2) is 0 Å². The van der Waals surface area contributed by atoms with Crippen molar-refractivity contribution < 1.29 is 9.59 Å². The van der Waals surface area contributed by atoms with Gasteiger partial charge in [-0.3, -0.25) is 0 Å². The average molecular weight is 190 g/mol. The predicted molar refractivity (Wildman–Crippen MR) is 51.1 cm³/mol. The van der Waals surface area contributed by atoms with Crippen molar-refractivity contribution in [1.82, 2.24) is 0 Å². The molecule has 66 valence electrons. The van der Waals surface area contributed by atoms with E-state index in [1.165, 1.54) is 0 Å². The largest absolute Gasteiger partial charge is 0.410 e. The Hall–Kier alpha value is 0.137. The summed E-state index contributed by atoms with van der Waals surface area (Å²) >= 11 is 0. The minimum Gasteiger partial charge on any atom is -0.410 e. The zero-order valence-corrected chi connectivity index (χ0v) is 8.01. The van der Waals surface area contributed by atoms with Gasteiger partial charge in [0.2, 0.25) is 0 Å². The lowest BCUT2D eigenvalue weighted by molar-refractivity contribution is 0.374. The number of rotatable bonds is 2. The molecule has 0 aliphatic heterocycles. The van der Waals surface area contributed by atoms with Crippen LogP contribution in [0.25, 0.3) is 0 Å². The van der Waals surface area contributed by atoms with Crippen LogP contribution in [0, 0.1) is 62.4 Å². The second-order valence-electron chi connectivity index (χ2n) is 3.02.